The standard InChI is InChI=1S/C25H27N5O4/c1-4-5-14-29-18(3)24(17(2)28-29)27-25(32)20-9-7-10-21(16-20)26-23(31)13-12-19-8-6-11-22(15-19)30(33)34/h6-13,15-16H,4-5,14H2,1-3H3,(H,26,31)(H,27,32)/b13-12+. The van der Waals surface area contributed by atoms with Gasteiger partial charge in [0, 0.05) is 36.0 Å². The third kappa shape index (κ3) is 6.16. The molecule has 0 saturated carbocycles. The number of aryl methyl sites for hydroxylation is 2. The summed E-state index contributed by atoms with van der Waals surface area (Å²) in [7, 11) is 0. The second kappa shape index (κ2) is 11.0. The van der Waals surface area contributed by atoms with Crippen LogP contribution in [0.4, 0.5) is 17.1 Å². The minimum Gasteiger partial charge on any atom is -0.322 e. The molecule has 0 fully saturated rings. The van der Waals surface area contributed by atoms with Crippen LogP contribution < -0.4 is 10.6 Å². The predicted molar refractivity (Wildman–Crippen MR) is 132 cm³/mol. The monoisotopic (exact) mass is 461 g/mol. The zero-order valence-electron chi connectivity index (χ0n) is 19.4. The van der Waals surface area contributed by atoms with Gasteiger partial charge in [0.25, 0.3) is 11.6 Å². The van der Waals surface area contributed by atoms with Crippen molar-refractivity contribution in [1.29, 1.82) is 0 Å². The van der Waals surface area contributed by atoms with Gasteiger partial charge in [0.05, 0.1) is 22.0 Å². The minimum atomic E-state index is -0.493. The Morgan fingerprint density at radius 3 is 2.62 bits per heavy atom. The highest BCUT2D eigenvalue weighted by molar-refractivity contribution is 6.07. The number of carbonyl (C=O) groups is 2. The summed E-state index contributed by atoms with van der Waals surface area (Å²) in [6.45, 7) is 6.69. The van der Waals surface area contributed by atoms with Crippen molar-refractivity contribution in [3.8, 4) is 0 Å². The van der Waals surface area contributed by atoms with Gasteiger partial charge in [-0.1, -0.05) is 31.5 Å². The number of benzene rings is 2. The highest BCUT2D eigenvalue weighted by Gasteiger charge is 2.15. The van der Waals surface area contributed by atoms with E-state index in [0.717, 1.165) is 30.8 Å². The van der Waals surface area contributed by atoms with Gasteiger partial charge in [-0.15, -0.1) is 0 Å². The van der Waals surface area contributed by atoms with Crippen molar-refractivity contribution in [3.05, 3.63) is 87.2 Å². The molecule has 9 heteroatoms. The molecule has 0 aliphatic heterocycles. The van der Waals surface area contributed by atoms with Gasteiger partial charge < -0.3 is 10.6 Å². The molecule has 1 heterocycles. The summed E-state index contributed by atoms with van der Waals surface area (Å²) in [4.78, 5) is 35.5. The number of nitrogens with one attached hydrogen (secondary N) is 2. The summed E-state index contributed by atoms with van der Waals surface area (Å²) in [6, 6.07) is 12.6. The number of hydrogen-bond acceptors (Lipinski definition) is 5. The zero-order valence-corrected chi connectivity index (χ0v) is 19.4. The largest absolute Gasteiger partial charge is 0.322 e. The Labute approximate surface area is 197 Å². The third-order valence-electron chi connectivity index (χ3n) is 5.24. The van der Waals surface area contributed by atoms with Crippen molar-refractivity contribution >= 4 is 35.0 Å². The molecule has 0 spiro atoms. The topological polar surface area (TPSA) is 119 Å². The smallest absolute Gasteiger partial charge is 0.270 e. The maximum absolute atomic E-state index is 12.8. The lowest BCUT2D eigenvalue weighted by molar-refractivity contribution is -0.384. The number of nitro groups is 1. The minimum absolute atomic E-state index is 0.0531. The molecule has 0 unspecified atom stereocenters. The van der Waals surface area contributed by atoms with Gasteiger partial charge in [-0.25, -0.2) is 0 Å². The molecule has 34 heavy (non-hydrogen) atoms. The first-order chi connectivity index (χ1) is 16.3. The van der Waals surface area contributed by atoms with E-state index in [0.29, 0.717) is 22.5 Å². The van der Waals surface area contributed by atoms with Gasteiger partial charge >= 0.3 is 0 Å². The van der Waals surface area contributed by atoms with Crippen molar-refractivity contribution in [2.45, 2.75) is 40.2 Å². The van der Waals surface area contributed by atoms with Crippen molar-refractivity contribution in [1.82, 2.24) is 9.78 Å². The van der Waals surface area contributed by atoms with E-state index in [9.17, 15) is 19.7 Å². The van der Waals surface area contributed by atoms with Crippen LogP contribution in [0.5, 0.6) is 0 Å². The van der Waals surface area contributed by atoms with E-state index in [1.165, 1.54) is 24.3 Å². The SMILES string of the molecule is CCCCn1nc(C)c(NC(=O)c2cccc(NC(=O)/C=C/c3cccc([N+](=O)[O-])c3)c2)c1C. The van der Waals surface area contributed by atoms with Crippen molar-refractivity contribution in [2.75, 3.05) is 10.6 Å². The fraction of sp³-hybridized carbons (Fsp3) is 0.240. The molecule has 9 nitrogen and oxygen atoms in total. The second-order valence-corrected chi connectivity index (χ2v) is 7.83. The maximum atomic E-state index is 12.8. The van der Waals surface area contributed by atoms with Crippen LogP contribution in [0.25, 0.3) is 6.08 Å². The zero-order chi connectivity index (χ0) is 24.7. The van der Waals surface area contributed by atoms with Crippen molar-refractivity contribution in [3.63, 3.8) is 0 Å². The Morgan fingerprint density at radius 2 is 1.88 bits per heavy atom. The lowest BCUT2D eigenvalue weighted by atomic mass is 10.1. The van der Waals surface area contributed by atoms with Crippen LogP contribution in [-0.4, -0.2) is 26.5 Å². The molecule has 2 amide bonds. The van der Waals surface area contributed by atoms with Crippen LogP contribution >= 0.6 is 0 Å². The van der Waals surface area contributed by atoms with E-state index in [2.05, 4.69) is 22.7 Å². The first kappa shape index (κ1) is 24.4. The number of unbranched alkanes of at least 4 members (excludes halogenated alkanes) is 1. The number of carbonyl (C=O) groups excluding carboxylic acids is 2. The van der Waals surface area contributed by atoms with Crippen LogP contribution in [0.1, 0.15) is 47.1 Å². The first-order valence-corrected chi connectivity index (χ1v) is 11.0. The van der Waals surface area contributed by atoms with Gasteiger partial charge in [-0.2, -0.15) is 5.10 Å². The normalized spacial score (nSPS) is 10.9. The fourth-order valence-corrected chi connectivity index (χ4v) is 3.43. The number of rotatable bonds is 9. The van der Waals surface area contributed by atoms with Gasteiger partial charge in [-0.05, 0) is 50.1 Å². The number of nitrogens with zero attached hydrogens (tertiary/aromatic N) is 3. The van der Waals surface area contributed by atoms with Gasteiger partial charge in [-0.3, -0.25) is 24.4 Å². The molecule has 176 valence electrons. The van der Waals surface area contributed by atoms with Crippen LogP contribution in [-0.2, 0) is 11.3 Å². The summed E-state index contributed by atoms with van der Waals surface area (Å²) in [6.07, 6.45) is 4.83. The summed E-state index contributed by atoms with van der Waals surface area (Å²) >= 11 is 0. The summed E-state index contributed by atoms with van der Waals surface area (Å²) < 4.78 is 1.90. The lowest BCUT2D eigenvalue weighted by Crippen LogP contribution is -2.14. The number of non-ortho nitro benzene ring substituents is 1. The number of hydrogen-bond donors (Lipinski definition) is 2. The molecule has 0 radical (unpaired) electrons. The number of nitro benzene ring substituents is 1. The fourth-order valence-electron chi connectivity index (χ4n) is 3.43. The number of amides is 2. The molecule has 1 aromatic heterocycles. The molecule has 3 rings (SSSR count). The molecule has 0 aliphatic carbocycles. The molecule has 0 atom stereocenters. The average Bonchev–Trinajstić information content (AvgIpc) is 3.09. The van der Waals surface area contributed by atoms with Crippen molar-refractivity contribution in [2.24, 2.45) is 0 Å². The van der Waals surface area contributed by atoms with E-state index < -0.39 is 10.8 Å². The summed E-state index contributed by atoms with van der Waals surface area (Å²) in [5.74, 6) is -0.725. The Kier molecular flexibility index (Phi) is 7.92. The van der Waals surface area contributed by atoms with E-state index in [1.54, 1.807) is 36.4 Å². The highest BCUT2D eigenvalue weighted by Crippen LogP contribution is 2.22. The van der Waals surface area contributed by atoms with Crippen LogP contribution in [0, 0.1) is 24.0 Å². The Morgan fingerprint density at radius 1 is 1.12 bits per heavy atom. The number of anilines is 2. The van der Waals surface area contributed by atoms with E-state index >= 15 is 0 Å². The number of aromatic nitrogens is 2. The summed E-state index contributed by atoms with van der Waals surface area (Å²) in [5.41, 5.74) is 3.66. The molecule has 0 saturated heterocycles. The van der Waals surface area contributed by atoms with Crippen molar-refractivity contribution < 1.29 is 14.5 Å². The summed E-state index contributed by atoms with van der Waals surface area (Å²) in [5, 5.41) is 21.0. The second-order valence-electron chi connectivity index (χ2n) is 7.83. The molecule has 0 bridgehead atoms. The molecule has 2 aromatic carbocycles. The Hall–Kier alpha value is -4.27. The lowest BCUT2D eigenvalue weighted by Gasteiger charge is -2.08. The van der Waals surface area contributed by atoms with Crippen LogP contribution in [0.15, 0.2) is 54.6 Å². The first-order valence-electron chi connectivity index (χ1n) is 11.0. The predicted octanol–water partition coefficient (Wildman–Crippen LogP) is 5.11. The van der Waals surface area contributed by atoms with E-state index in [4.69, 9.17) is 0 Å². The van der Waals surface area contributed by atoms with Gasteiger partial charge in [0.2, 0.25) is 5.91 Å². The third-order valence-corrected chi connectivity index (χ3v) is 5.24. The Bertz CT molecular complexity index is 1250. The Balaban J connectivity index is 1.67. The van der Waals surface area contributed by atoms with E-state index in [1.807, 2.05) is 18.5 Å². The molecule has 0 aliphatic rings. The molecule has 2 N–H and O–H groups in total. The van der Waals surface area contributed by atoms with E-state index in [-0.39, 0.29) is 11.6 Å². The highest BCUT2D eigenvalue weighted by atomic mass is 16.6. The van der Waals surface area contributed by atoms with Crippen LogP contribution in [0.3, 0.4) is 0 Å². The molecular weight excluding hydrogens is 434 g/mol. The van der Waals surface area contributed by atoms with Crippen LogP contribution in [0.2, 0.25) is 0 Å². The quantitative estimate of drug-likeness (QED) is 0.261. The maximum Gasteiger partial charge on any atom is 0.270 e. The van der Waals surface area contributed by atoms with Gasteiger partial charge in [0.1, 0.15) is 0 Å². The van der Waals surface area contributed by atoms with Gasteiger partial charge in [0.15, 0.2) is 0 Å². The molecule has 3 aromatic rings. The molecular formula is C25H27N5O4. The average molecular weight is 462 g/mol.